The van der Waals surface area contributed by atoms with Crippen LogP contribution in [-0.2, 0) is 16.6 Å². The van der Waals surface area contributed by atoms with E-state index in [2.05, 4.69) is 25.1 Å². The van der Waals surface area contributed by atoms with Crippen molar-refractivity contribution < 1.29 is 8.42 Å². The molecule has 0 radical (unpaired) electrons. The maximum absolute atomic E-state index is 12.5. The highest BCUT2D eigenvalue weighted by Gasteiger charge is 2.28. The normalized spacial score (nSPS) is 24.3. The van der Waals surface area contributed by atoms with Gasteiger partial charge in [-0.15, -0.1) is 0 Å². The molecule has 0 aromatic carbocycles. The van der Waals surface area contributed by atoms with Gasteiger partial charge in [0.1, 0.15) is 0 Å². The van der Waals surface area contributed by atoms with E-state index in [0.717, 1.165) is 25.9 Å². The Hall–Kier alpha value is -0.960. The highest BCUT2D eigenvalue weighted by atomic mass is 32.2. The smallest absolute Gasteiger partial charge is 0.258 e. The minimum absolute atomic E-state index is 0.0266. The van der Waals surface area contributed by atoms with E-state index in [1.54, 1.807) is 6.20 Å². The van der Waals surface area contributed by atoms with E-state index in [9.17, 15) is 8.42 Å². The Balaban J connectivity index is 1.67. The number of nitrogens with zero attached hydrogens (tertiary/aromatic N) is 2. The van der Waals surface area contributed by atoms with E-state index < -0.39 is 10.0 Å². The number of H-pyrrole nitrogens is 1. The van der Waals surface area contributed by atoms with Gasteiger partial charge in [-0.3, -0.25) is 5.10 Å². The van der Waals surface area contributed by atoms with Crippen molar-refractivity contribution in [1.29, 1.82) is 0 Å². The molecule has 2 aliphatic rings. The number of piperidine rings is 1. The van der Waals surface area contributed by atoms with Crippen LogP contribution in [0.3, 0.4) is 0 Å². The molecule has 1 saturated heterocycles. The lowest BCUT2D eigenvalue weighted by Crippen LogP contribution is -2.46. The minimum Gasteiger partial charge on any atom is -0.310 e. The summed E-state index contributed by atoms with van der Waals surface area (Å²) < 4.78 is 27.8. The van der Waals surface area contributed by atoms with E-state index >= 15 is 0 Å². The quantitative estimate of drug-likeness (QED) is 0.689. The van der Waals surface area contributed by atoms with Crippen LogP contribution in [0.4, 0.5) is 0 Å². The lowest BCUT2D eigenvalue weighted by Gasteiger charge is -2.29. The van der Waals surface area contributed by atoms with Gasteiger partial charge in [0.2, 0.25) is 0 Å². The summed E-state index contributed by atoms with van der Waals surface area (Å²) in [5.41, 5.74) is 0.707. The van der Waals surface area contributed by atoms with Gasteiger partial charge in [-0.25, -0.2) is 13.1 Å². The van der Waals surface area contributed by atoms with Gasteiger partial charge in [-0.2, -0.15) is 5.10 Å². The topological polar surface area (TPSA) is 90.1 Å². The fourth-order valence-corrected chi connectivity index (χ4v) is 4.13. The summed E-state index contributed by atoms with van der Waals surface area (Å²) in [5.74, 6) is 0. The molecule has 1 atom stereocenters. The molecule has 8 heteroatoms. The Morgan fingerprint density at radius 1 is 1.38 bits per heavy atom. The van der Waals surface area contributed by atoms with Crippen molar-refractivity contribution >= 4 is 10.0 Å². The van der Waals surface area contributed by atoms with E-state index in [-0.39, 0.29) is 11.1 Å². The lowest BCUT2D eigenvalue weighted by molar-refractivity contribution is 0.242. The number of likely N-dealkylation sites (N-methyl/N-ethyl adjacent to an activating group) is 1. The minimum atomic E-state index is -3.53. The average molecular weight is 313 g/mol. The maximum Gasteiger partial charge on any atom is 0.258 e. The van der Waals surface area contributed by atoms with Crippen LogP contribution >= 0.6 is 0 Å². The van der Waals surface area contributed by atoms with Gasteiger partial charge in [0.05, 0.1) is 6.20 Å². The van der Waals surface area contributed by atoms with Crippen molar-refractivity contribution in [3.8, 4) is 0 Å². The van der Waals surface area contributed by atoms with Crippen LogP contribution in [0.5, 0.6) is 0 Å². The Bertz CT molecular complexity index is 581. The van der Waals surface area contributed by atoms with Crippen molar-refractivity contribution in [3.63, 3.8) is 0 Å². The van der Waals surface area contributed by atoms with E-state index in [0.29, 0.717) is 18.2 Å². The van der Waals surface area contributed by atoms with Crippen LogP contribution < -0.4 is 10.0 Å². The second-order valence-electron chi connectivity index (χ2n) is 6.10. The molecule has 21 heavy (non-hydrogen) atoms. The first kappa shape index (κ1) is 15.0. The summed E-state index contributed by atoms with van der Waals surface area (Å²) in [4.78, 5) is 2.15. The van der Waals surface area contributed by atoms with Gasteiger partial charge in [0.25, 0.3) is 10.0 Å². The first-order valence-corrected chi connectivity index (χ1v) is 8.99. The first-order chi connectivity index (χ1) is 10.0. The summed E-state index contributed by atoms with van der Waals surface area (Å²) in [5, 5.41) is 10.1. The number of hydrogen-bond acceptors (Lipinski definition) is 5. The van der Waals surface area contributed by atoms with Crippen molar-refractivity contribution in [2.24, 2.45) is 0 Å². The number of nitrogens with one attached hydrogen (secondary N) is 3. The van der Waals surface area contributed by atoms with E-state index in [4.69, 9.17) is 0 Å². The summed E-state index contributed by atoms with van der Waals surface area (Å²) in [7, 11) is -1.52. The van der Waals surface area contributed by atoms with Crippen LogP contribution in [0.1, 0.15) is 31.2 Å². The van der Waals surface area contributed by atoms with Crippen LogP contribution in [0.15, 0.2) is 11.2 Å². The Labute approximate surface area is 125 Å². The van der Waals surface area contributed by atoms with Gasteiger partial charge in [-0.05, 0) is 39.3 Å². The van der Waals surface area contributed by atoms with Crippen molar-refractivity contribution in [2.45, 2.75) is 49.3 Å². The molecule has 1 aliphatic carbocycles. The van der Waals surface area contributed by atoms with Crippen molar-refractivity contribution in [2.75, 3.05) is 20.1 Å². The first-order valence-electron chi connectivity index (χ1n) is 7.51. The fraction of sp³-hybridized carbons (Fsp3) is 0.769. The molecule has 118 valence electrons. The predicted octanol–water partition coefficient (Wildman–Crippen LogP) is 0.0342. The zero-order chi connectivity index (χ0) is 14.9. The maximum atomic E-state index is 12.5. The molecule has 2 heterocycles. The van der Waals surface area contributed by atoms with Crippen LogP contribution in [0.25, 0.3) is 0 Å². The van der Waals surface area contributed by atoms with E-state index in [1.807, 2.05) is 7.05 Å². The molecule has 1 aliphatic heterocycles. The van der Waals surface area contributed by atoms with Crippen LogP contribution in [-0.4, -0.2) is 55.7 Å². The highest BCUT2D eigenvalue weighted by molar-refractivity contribution is 7.89. The largest absolute Gasteiger partial charge is 0.310 e. The molecular formula is C13H23N5O2S. The Morgan fingerprint density at radius 3 is 2.90 bits per heavy atom. The summed E-state index contributed by atoms with van der Waals surface area (Å²) in [6.45, 7) is 2.32. The zero-order valence-corrected chi connectivity index (χ0v) is 13.1. The van der Waals surface area contributed by atoms with Crippen LogP contribution in [0.2, 0.25) is 0 Å². The molecule has 3 rings (SSSR count). The molecule has 1 unspecified atom stereocenters. The molecular weight excluding hydrogens is 290 g/mol. The number of rotatable bonds is 6. The van der Waals surface area contributed by atoms with Gasteiger partial charge in [-0.1, -0.05) is 0 Å². The predicted molar refractivity (Wildman–Crippen MR) is 79.3 cm³/mol. The number of aromatic nitrogens is 2. The molecule has 3 N–H and O–H groups in total. The third kappa shape index (κ3) is 3.82. The number of hydrogen-bond donors (Lipinski definition) is 3. The Kier molecular flexibility index (Phi) is 4.30. The fourth-order valence-electron chi connectivity index (χ4n) is 2.74. The molecule has 0 amide bonds. The van der Waals surface area contributed by atoms with Gasteiger partial charge in [0.15, 0.2) is 5.03 Å². The third-order valence-electron chi connectivity index (χ3n) is 4.05. The summed E-state index contributed by atoms with van der Waals surface area (Å²) in [6.07, 6.45) is 5.84. The van der Waals surface area contributed by atoms with E-state index in [1.165, 1.54) is 12.8 Å². The second kappa shape index (κ2) is 6.04. The molecule has 1 aromatic heterocycles. The van der Waals surface area contributed by atoms with Gasteiger partial charge >= 0.3 is 0 Å². The molecule has 7 nitrogen and oxygen atoms in total. The van der Waals surface area contributed by atoms with Crippen molar-refractivity contribution in [3.05, 3.63) is 11.8 Å². The van der Waals surface area contributed by atoms with Crippen LogP contribution in [0, 0.1) is 0 Å². The zero-order valence-electron chi connectivity index (χ0n) is 12.3. The molecule has 1 saturated carbocycles. The molecule has 0 bridgehead atoms. The van der Waals surface area contributed by atoms with Gasteiger partial charge < -0.3 is 10.2 Å². The second-order valence-corrected chi connectivity index (χ2v) is 7.75. The summed E-state index contributed by atoms with van der Waals surface area (Å²) >= 11 is 0. The highest BCUT2D eigenvalue weighted by Crippen LogP contribution is 2.21. The van der Waals surface area contributed by atoms with Gasteiger partial charge in [0, 0.05) is 30.7 Å². The SMILES string of the molecule is CN1CCCC(NS(=O)(=O)c2[nH]ncc2CNC2CC2)C1. The average Bonchev–Trinajstić information content (AvgIpc) is 3.12. The Morgan fingerprint density at radius 2 is 2.19 bits per heavy atom. The summed E-state index contributed by atoms with van der Waals surface area (Å²) in [6, 6.07) is 0.511. The molecule has 2 fully saturated rings. The number of aromatic amines is 1. The number of likely N-dealkylation sites (tertiary alicyclic amines) is 1. The molecule has 0 spiro atoms. The van der Waals surface area contributed by atoms with Crippen molar-refractivity contribution in [1.82, 2.24) is 25.1 Å². The number of sulfonamides is 1. The standard InChI is InChI=1S/C13H23N5O2S/c1-18-6-2-3-12(9-18)17-21(19,20)13-10(8-15-16-13)7-14-11-4-5-11/h8,11-12,14,17H,2-7,9H2,1H3,(H,15,16). The monoisotopic (exact) mass is 313 g/mol. The molecule has 1 aromatic rings. The third-order valence-corrected chi connectivity index (χ3v) is 5.59. The lowest BCUT2D eigenvalue weighted by atomic mass is 10.1.